The first-order chi connectivity index (χ1) is 14.2. The molecule has 0 unspecified atom stereocenters. The van der Waals surface area contributed by atoms with Crippen molar-refractivity contribution in [3.05, 3.63) is 83.9 Å². The van der Waals surface area contributed by atoms with Crippen molar-refractivity contribution in [3.8, 4) is 5.75 Å². The lowest BCUT2D eigenvalue weighted by Crippen LogP contribution is -2.29. The average molecular weight is 408 g/mol. The van der Waals surface area contributed by atoms with Crippen LogP contribution in [0, 0.1) is 0 Å². The van der Waals surface area contributed by atoms with Crippen LogP contribution < -0.4 is 4.74 Å². The average Bonchev–Trinajstić information content (AvgIpc) is 2.89. The van der Waals surface area contributed by atoms with Crippen LogP contribution in [0.1, 0.15) is 29.0 Å². The molecule has 29 heavy (non-hydrogen) atoms. The van der Waals surface area contributed by atoms with Crippen molar-refractivity contribution < 1.29 is 14.1 Å². The van der Waals surface area contributed by atoms with Crippen molar-refractivity contribution in [2.75, 3.05) is 13.1 Å². The van der Waals surface area contributed by atoms with Gasteiger partial charge < -0.3 is 4.74 Å². The highest BCUT2D eigenvalue weighted by molar-refractivity contribution is 6.30. The molecule has 2 aliphatic rings. The standard InChI is InChI=1S/C22H20ClN4O2/c23-20-16-29-19-7-2-1-6-18(19)22(28)27(20)13-4-3-12-26-14-8-17(9-15-26)21-24-10-5-11-25-21/h1-2,5-12,14,16H,3-4,13,15H2/q+1. The Morgan fingerprint density at radius 2 is 2.03 bits per heavy atom. The van der Waals surface area contributed by atoms with Gasteiger partial charge in [-0.3, -0.25) is 9.69 Å². The van der Waals surface area contributed by atoms with Crippen molar-refractivity contribution >= 4 is 29.3 Å². The monoisotopic (exact) mass is 407 g/mol. The Balaban J connectivity index is 1.33. The van der Waals surface area contributed by atoms with E-state index in [0.29, 0.717) is 23.0 Å². The van der Waals surface area contributed by atoms with Crippen LogP contribution in [0.5, 0.6) is 5.75 Å². The minimum atomic E-state index is -0.146. The van der Waals surface area contributed by atoms with Crippen LogP contribution in [0.15, 0.2) is 72.5 Å². The van der Waals surface area contributed by atoms with E-state index >= 15 is 0 Å². The van der Waals surface area contributed by atoms with E-state index in [1.165, 1.54) is 6.26 Å². The summed E-state index contributed by atoms with van der Waals surface area (Å²) < 4.78 is 7.61. The van der Waals surface area contributed by atoms with Crippen molar-refractivity contribution in [1.82, 2.24) is 14.9 Å². The topological polar surface area (TPSA) is 58.3 Å². The Morgan fingerprint density at radius 3 is 2.83 bits per heavy atom. The van der Waals surface area contributed by atoms with Gasteiger partial charge in [-0.1, -0.05) is 23.7 Å². The summed E-state index contributed by atoms with van der Waals surface area (Å²) in [6.07, 6.45) is 14.7. The summed E-state index contributed by atoms with van der Waals surface area (Å²) in [5, 5.41) is 0.291. The largest absolute Gasteiger partial charge is 0.461 e. The summed E-state index contributed by atoms with van der Waals surface area (Å²) in [7, 11) is 0. The third-order valence-corrected chi connectivity index (χ3v) is 4.94. The Hall–Kier alpha value is -3.25. The van der Waals surface area contributed by atoms with E-state index in [0.717, 1.165) is 30.8 Å². The second kappa shape index (κ2) is 8.84. The van der Waals surface area contributed by atoms with Crippen LogP contribution in [-0.4, -0.2) is 44.7 Å². The van der Waals surface area contributed by atoms with Gasteiger partial charge in [-0.2, -0.15) is 0 Å². The molecule has 4 rings (SSSR count). The Morgan fingerprint density at radius 1 is 1.21 bits per heavy atom. The molecule has 0 saturated heterocycles. The van der Waals surface area contributed by atoms with Crippen molar-refractivity contribution in [2.45, 2.75) is 12.8 Å². The molecule has 0 saturated carbocycles. The molecule has 146 valence electrons. The van der Waals surface area contributed by atoms with Gasteiger partial charge in [-0.05, 0) is 30.7 Å². The molecule has 0 radical (unpaired) electrons. The quantitative estimate of drug-likeness (QED) is 0.429. The second-order valence-corrected chi connectivity index (χ2v) is 6.97. The molecule has 0 bridgehead atoms. The van der Waals surface area contributed by atoms with Crippen LogP contribution in [0.2, 0.25) is 0 Å². The van der Waals surface area contributed by atoms with E-state index in [1.807, 2.05) is 24.4 Å². The first kappa shape index (κ1) is 19.1. The van der Waals surface area contributed by atoms with Gasteiger partial charge in [0.1, 0.15) is 23.4 Å². The van der Waals surface area contributed by atoms with Gasteiger partial charge in [0.25, 0.3) is 5.91 Å². The molecule has 1 aromatic carbocycles. The van der Waals surface area contributed by atoms with Crippen LogP contribution in [0.25, 0.3) is 5.57 Å². The number of carbonyl (C=O) groups excluding carboxylic acids is 1. The molecule has 0 N–H and O–H groups in total. The normalized spacial score (nSPS) is 17.3. The van der Waals surface area contributed by atoms with Crippen molar-refractivity contribution in [2.24, 2.45) is 0 Å². The van der Waals surface area contributed by atoms with E-state index in [1.54, 1.807) is 35.5 Å². The number of fused-ring (bicyclic) bond motifs is 1. The smallest absolute Gasteiger partial charge is 0.262 e. The van der Waals surface area contributed by atoms with E-state index in [-0.39, 0.29) is 5.91 Å². The molecule has 7 heteroatoms. The summed E-state index contributed by atoms with van der Waals surface area (Å²) in [5.74, 6) is 1.10. The number of hydrogen-bond donors (Lipinski definition) is 0. The van der Waals surface area contributed by atoms with E-state index in [9.17, 15) is 4.79 Å². The lowest BCUT2D eigenvalue weighted by Gasteiger charge is -2.19. The highest BCUT2D eigenvalue weighted by Gasteiger charge is 2.24. The van der Waals surface area contributed by atoms with Gasteiger partial charge in [-0.25, -0.2) is 14.5 Å². The summed E-state index contributed by atoms with van der Waals surface area (Å²) in [5.41, 5.74) is 1.53. The third kappa shape index (κ3) is 4.43. The zero-order valence-electron chi connectivity index (χ0n) is 15.7. The SMILES string of the molecule is O=C1c2ccccc2OC=C(Cl)N1CCCC=[N+]1C=CC(c2ncccn2)=CC1. The first-order valence-electron chi connectivity index (χ1n) is 9.40. The number of benzene rings is 1. The van der Waals surface area contributed by atoms with Gasteiger partial charge in [0.15, 0.2) is 18.6 Å². The van der Waals surface area contributed by atoms with E-state index < -0.39 is 0 Å². The minimum Gasteiger partial charge on any atom is -0.461 e. The zero-order valence-corrected chi connectivity index (χ0v) is 16.5. The first-order valence-corrected chi connectivity index (χ1v) is 9.78. The molecule has 1 aromatic heterocycles. The molecule has 3 heterocycles. The number of para-hydroxylation sites is 1. The van der Waals surface area contributed by atoms with Crippen molar-refractivity contribution in [3.63, 3.8) is 0 Å². The number of ether oxygens (including phenoxy) is 1. The van der Waals surface area contributed by atoms with Crippen LogP contribution in [0.4, 0.5) is 0 Å². The number of unbranched alkanes of at least 4 members (excludes halogenated alkanes) is 1. The summed E-state index contributed by atoms with van der Waals surface area (Å²) in [6, 6.07) is 8.96. The van der Waals surface area contributed by atoms with E-state index in [2.05, 4.69) is 26.8 Å². The van der Waals surface area contributed by atoms with Gasteiger partial charge >= 0.3 is 0 Å². The molecule has 2 aliphatic heterocycles. The Labute approximate surface area is 174 Å². The third-order valence-electron chi connectivity index (χ3n) is 4.64. The number of halogens is 1. The second-order valence-electron chi connectivity index (χ2n) is 6.58. The molecular weight excluding hydrogens is 388 g/mol. The fourth-order valence-corrected chi connectivity index (χ4v) is 3.34. The number of aromatic nitrogens is 2. The fourth-order valence-electron chi connectivity index (χ4n) is 3.14. The summed E-state index contributed by atoms with van der Waals surface area (Å²) >= 11 is 6.26. The molecule has 0 atom stereocenters. The number of nitrogens with zero attached hydrogens (tertiary/aromatic N) is 4. The number of allylic oxidation sites excluding steroid dienone is 2. The summed E-state index contributed by atoms with van der Waals surface area (Å²) in [4.78, 5) is 22.9. The molecule has 0 aliphatic carbocycles. The molecule has 1 amide bonds. The number of carbonyl (C=O) groups is 1. The highest BCUT2D eigenvalue weighted by Crippen LogP contribution is 2.27. The predicted molar refractivity (Wildman–Crippen MR) is 112 cm³/mol. The Kier molecular flexibility index (Phi) is 5.81. The highest BCUT2D eigenvalue weighted by atomic mass is 35.5. The molecule has 2 aromatic rings. The number of hydrogen-bond acceptors (Lipinski definition) is 4. The summed E-state index contributed by atoms with van der Waals surface area (Å²) in [6.45, 7) is 1.27. The maximum Gasteiger partial charge on any atom is 0.262 e. The predicted octanol–water partition coefficient (Wildman–Crippen LogP) is 3.82. The van der Waals surface area contributed by atoms with Crippen molar-refractivity contribution in [1.29, 1.82) is 0 Å². The molecule has 0 spiro atoms. The van der Waals surface area contributed by atoms with Gasteiger partial charge in [0.2, 0.25) is 0 Å². The zero-order chi connectivity index (χ0) is 20.1. The molecular formula is C22H20ClN4O2+. The minimum absolute atomic E-state index is 0.146. The lowest BCUT2D eigenvalue weighted by atomic mass is 10.1. The molecule has 6 nitrogen and oxygen atoms in total. The van der Waals surface area contributed by atoms with Gasteiger partial charge in [0.05, 0.1) is 5.56 Å². The lowest BCUT2D eigenvalue weighted by molar-refractivity contribution is -0.442. The maximum absolute atomic E-state index is 12.8. The van der Waals surface area contributed by atoms with Crippen LogP contribution in [-0.2, 0) is 0 Å². The number of amides is 1. The van der Waals surface area contributed by atoms with Gasteiger partial charge in [-0.15, -0.1) is 0 Å². The fraction of sp³-hybridized carbons (Fsp3) is 0.182. The van der Waals surface area contributed by atoms with Gasteiger partial charge in [0, 0.05) is 37.0 Å². The molecule has 0 fully saturated rings. The van der Waals surface area contributed by atoms with Crippen LogP contribution >= 0.6 is 11.6 Å². The Bertz CT molecular complexity index is 1030. The number of rotatable bonds is 5. The van der Waals surface area contributed by atoms with Crippen LogP contribution in [0.3, 0.4) is 0 Å². The maximum atomic E-state index is 12.8. The van der Waals surface area contributed by atoms with E-state index in [4.69, 9.17) is 16.3 Å².